The highest BCUT2D eigenvalue weighted by molar-refractivity contribution is 6.25. The van der Waals surface area contributed by atoms with Gasteiger partial charge in [0.05, 0.1) is 0 Å². The summed E-state index contributed by atoms with van der Waals surface area (Å²) in [7, 11) is 0. The molecule has 0 aliphatic carbocycles. The van der Waals surface area contributed by atoms with E-state index in [2.05, 4.69) is 59.6 Å². The van der Waals surface area contributed by atoms with Crippen molar-refractivity contribution in [2.24, 2.45) is 0 Å². The Balaban J connectivity index is 1.79. The second-order valence-electron chi connectivity index (χ2n) is 7.07. The lowest BCUT2D eigenvalue weighted by Crippen LogP contribution is -2.08. The largest absolute Gasteiger partial charge is 0.321 e. The van der Waals surface area contributed by atoms with Gasteiger partial charge in [-0.1, -0.05) is 72.8 Å². The summed E-state index contributed by atoms with van der Waals surface area (Å²) in [4.78, 5) is 15.9. The summed E-state index contributed by atoms with van der Waals surface area (Å²) in [5.74, 6) is 0. The van der Waals surface area contributed by atoms with Crippen molar-refractivity contribution < 1.29 is 0 Å². The number of pyridine rings is 1. The average Bonchev–Trinajstić information content (AvgIpc) is 2.71. The molecule has 6 rings (SSSR count). The van der Waals surface area contributed by atoms with Crippen LogP contribution >= 0.6 is 0 Å². The highest BCUT2D eigenvalue weighted by Gasteiger charge is 2.14. The van der Waals surface area contributed by atoms with Gasteiger partial charge in [-0.25, -0.2) is 0 Å². The van der Waals surface area contributed by atoms with Crippen molar-refractivity contribution in [3.63, 3.8) is 0 Å². The van der Waals surface area contributed by atoms with Gasteiger partial charge in [-0.15, -0.1) is 0 Å². The summed E-state index contributed by atoms with van der Waals surface area (Å²) in [6, 6.07) is 29.1. The molecule has 0 spiro atoms. The van der Waals surface area contributed by atoms with Crippen molar-refractivity contribution in [1.82, 2.24) is 4.98 Å². The van der Waals surface area contributed by atoms with E-state index < -0.39 is 0 Å². The Morgan fingerprint density at radius 3 is 2.07 bits per heavy atom. The molecule has 0 saturated heterocycles. The summed E-state index contributed by atoms with van der Waals surface area (Å²) >= 11 is 0. The summed E-state index contributed by atoms with van der Waals surface area (Å²) < 4.78 is 0. The lowest BCUT2D eigenvalue weighted by Gasteiger charge is -2.14. The molecule has 0 saturated carbocycles. The third kappa shape index (κ3) is 1.98. The minimum absolute atomic E-state index is 0.0521. The number of para-hydroxylation sites is 1. The van der Waals surface area contributed by atoms with Crippen molar-refractivity contribution in [3.05, 3.63) is 95.3 Å². The van der Waals surface area contributed by atoms with Gasteiger partial charge >= 0.3 is 0 Å². The zero-order valence-corrected chi connectivity index (χ0v) is 14.5. The summed E-state index contributed by atoms with van der Waals surface area (Å²) in [5.41, 5.74) is 2.51. The van der Waals surface area contributed by atoms with Crippen LogP contribution in [0.3, 0.4) is 0 Å². The van der Waals surface area contributed by atoms with Crippen LogP contribution in [0.15, 0.2) is 89.7 Å². The Morgan fingerprint density at radius 2 is 1.22 bits per heavy atom. The van der Waals surface area contributed by atoms with Gasteiger partial charge in [-0.3, -0.25) is 4.79 Å². The molecule has 0 aliphatic rings. The number of aromatic nitrogens is 1. The first-order valence-electron chi connectivity index (χ1n) is 9.08. The van der Waals surface area contributed by atoms with Gasteiger partial charge in [0, 0.05) is 11.1 Å². The molecule has 0 unspecified atom stereocenters. The molecule has 5 aromatic carbocycles. The second-order valence-corrected chi connectivity index (χ2v) is 7.07. The van der Waals surface area contributed by atoms with Crippen LogP contribution in [0.4, 0.5) is 0 Å². The Morgan fingerprint density at radius 1 is 0.556 bits per heavy atom. The number of nitrogens with one attached hydrogen (secondary N) is 1. The molecular formula is C25H15NO. The maximum atomic E-state index is 12.8. The highest BCUT2D eigenvalue weighted by atomic mass is 16.1. The lowest BCUT2D eigenvalue weighted by molar-refractivity contribution is 1.31. The Kier molecular flexibility index (Phi) is 2.78. The number of rotatable bonds is 1. The first-order valence-corrected chi connectivity index (χ1v) is 9.08. The molecule has 0 fully saturated rings. The first kappa shape index (κ1) is 14.5. The number of benzene rings is 5. The van der Waals surface area contributed by atoms with Crippen LogP contribution in [-0.4, -0.2) is 4.98 Å². The van der Waals surface area contributed by atoms with Gasteiger partial charge in [0.1, 0.15) is 0 Å². The number of hydrogen-bond acceptors (Lipinski definition) is 1. The van der Waals surface area contributed by atoms with E-state index in [1.807, 2.05) is 30.3 Å². The molecular weight excluding hydrogens is 330 g/mol. The molecule has 126 valence electrons. The third-order valence-electron chi connectivity index (χ3n) is 5.57. The minimum Gasteiger partial charge on any atom is -0.321 e. The second kappa shape index (κ2) is 5.18. The smallest absolute Gasteiger partial charge is 0.256 e. The van der Waals surface area contributed by atoms with Crippen LogP contribution < -0.4 is 5.56 Å². The SMILES string of the molecule is O=c1[nH]c2ccccc2cc1-c1ccc2ccc3cccc4ccc1c2c34. The van der Waals surface area contributed by atoms with Crippen LogP contribution in [0.2, 0.25) is 0 Å². The molecule has 1 N–H and O–H groups in total. The number of hydrogen-bond donors (Lipinski definition) is 1. The molecule has 0 amide bonds. The molecule has 0 aliphatic heterocycles. The predicted octanol–water partition coefficient (Wildman–Crippen LogP) is 6.09. The van der Waals surface area contributed by atoms with Gasteiger partial charge < -0.3 is 4.98 Å². The first-order chi connectivity index (χ1) is 13.3. The number of H-pyrrole nitrogens is 1. The molecule has 0 bridgehead atoms. The summed E-state index contributed by atoms with van der Waals surface area (Å²) in [6.07, 6.45) is 0. The quantitative estimate of drug-likeness (QED) is 0.359. The van der Waals surface area contributed by atoms with Gasteiger partial charge in [0.2, 0.25) is 0 Å². The van der Waals surface area contributed by atoms with Crippen molar-refractivity contribution in [2.75, 3.05) is 0 Å². The third-order valence-corrected chi connectivity index (χ3v) is 5.57. The fourth-order valence-electron chi connectivity index (χ4n) is 4.32. The fraction of sp³-hybridized carbons (Fsp3) is 0. The van der Waals surface area contributed by atoms with Gasteiger partial charge in [-0.2, -0.15) is 0 Å². The van der Waals surface area contributed by atoms with E-state index in [1.54, 1.807) is 0 Å². The number of aromatic amines is 1. The van der Waals surface area contributed by atoms with E-state index in [0.29, 0.717) is 5.56 Å². The molecule has 1 aromatic heterocycles. The number of fused-ring (bicyclic) bond motifs is 1. The normalized spacial score (nSPS) is 11.9. The maximum absolute atomic E-state index is 12.8. The molecule has 1 heterocycles. The molecule has 6 aromatic rings. The molecule has 0 radical (unpaired) electrons. The fourth-order valence-corrected chi connectivity index (χ4v) is 4.32. The van der Waals surface area contributed by atoms with Crippen LogP contribution in [0.1, 0.15) is 0 Å². The van der Waals surface area contributed by atoms with Crippen LogP contribution in [0.5, 0.6) is 0 Å². The lowest BCUT2D eigenvalue weighted by atomic mass is 9.90. The summed E-state index contributed by atoms with van der Waals surface area (Å²) in [6.45, 7) is 0. The average molecular weight is 345 g/mol. The topological polar surface area (TPSA) is 32.9 Å². The van der Waals surface area contributed by atoms with E-state index >= 15 is 0 Å². The van der Waals surface area contributed by atoms with Gasteiger partial charge in [0.25, 0.3) is 5.56 Å². The zero-order chi connectivity index (χ0) is 18.0. The Hall–Kier alpha value is -3.65. The van der Waals surface area contributed by atoms with Crippen LogP contribution in [-0.2, 0) is 0 Å². The van der Waals surface area contributed by atoms with Gasteiger partial charge in [-0.05, 0) is 55.4 Å². The van der Waals surface area contributed by atoms with E-state index in [0.717, 1.165) is 21.9 Å². The standard InChI is InChI=1S/C25H15NO/c27-25-21(14-18-4-1-2-7-22(18)26-25)19-12-10-17-9-8-15-5-3-6-16-11-13-20(19)24(17)23(15)16/h1-14H,(H,26,27). The van der Waals surface area contributed by atoms with Crippen molar-refractivity contribution >= 4 is 43.2 Å². The van der Waals surface area contributed by atoms with Crippen molar-refractivity contribution in [2.45, 2.75) is 0 Å². The van der Waals surface area contributed by atoms with Crippen molar-refractivity contribution in [3.8, 4) is 11.1 Å². The highest BCUT2D eigenvalue weighted by Crippen LogP contribution is 2.38. The zero-order valence-electron chi connectivity index (χ0n) is 14.5. The van der Waals surface area contributed by atoms with E-state index in [-0.39, 0.29) is 5.56 Å². The summed E-state index contributed by atoms with van der Waals surface area (Å²) in [5, 5.41) is 8.33. The monoisotopic (exact) mass is 345 g/mol. The van der Waals surface area contributed by atoms with Crippen LogP contribution in [0, 0.1) is 0 Å². The Bertz CT molecular complexity index is 1530. The molecule has 27 heavy (non-hydrogen) atoms. The van der Waals surface area contributed by atoms with E-state index in [9.17, 15) is 4.79 Å². The molecule has 2 heteroatoms. The van der Waals surface area contributed by atoms with E-state index in [1.165, 1.54) is 26.9 Å². The minimum atomic E-state index is -0.0521. The van der Waals surface area contributed by atoms with E-state index in [4.69, 9.17) is 0 Å². The molecule has 2 nitrogen and oxygen atoms in total. The van der Waals surface area contributed by atoms with Crippen LogP contribution in [0.25, 0.3) is 54.3 Å². The maximum Gasteiger partial charge on any atom is 0.256 e. The van der Waals surface area contributed by atoms with Gasteiger partial charge in [0.15, 0.2) is 0 Å². The molecule has 0 atom stereocenters. The van der Waals surface area contributed by atoms with Crippen molar-refractivity contribution in [1.29, 1.82) is 0 Å². The Labute approximate surface area is 155 Å². The predicted molar refractivity (Wildman–Crippen MR) is 114 cm³/mol.